The van der Waals surface area contributed by atoms with Crippen LogP contribution in [0.3, 0.4) is 0 Å². The predicted molar refractivity (Wildman–Crippen MR) is 91.9 cm³/mol. The number of hydrogen-bond acceptors (Lipinski definition) is 5. The molecule has 0 aliphatic heterocycles. The Labute approximate surface area is 147 Å². The van der Waals surface area contributed by atoms with Crippen LogP contribution in [-0.4, -0.2) is 30.8 Å². The summed E-state index contributed by atoms with van der Waals surface area (Å²) in [6.45, 7) is 0. The minimum absolute atomic E-state index is 0.0207. The molecule has 1 unspecified atom stereocenters. The molecule has 3 rings (SSSR count). The van der Waals surface area contributed by atoms with Crippen LogP contribution in [0.25, 0.3) is 11.6 Å². The van der Waals surface area contributed by atoms with Gasteiger partial charge in [-0.1, -0.05) is 50.1 Å². The molecule has 1 aliphatic rings. The molecule has 1 saturated carbocycles. The average molecular weight is 346 g/mol. The topological polar surface area (TPSA) is 94.0 Å². The Balaban J connectivity index is 1.63. The van der Waals surface area contributed by atoms with Crippen molar-refractivity contribution in [2.24, 2.45) is 13.0 Å². The molecule has 0 aromatic carbocycles. The first-order valence-corrected chi connectivity index (χ1v) is 9.16. The number of rotatable bonds is 8. The molecule has 1 fully saturated rings. The van der Waals surface area contributed by atoms with Crippen LogP contribution in [0.4, 0.5) is 0 Å². The summed E-state index contributed by atoms with van der Waals surface area (Å²) in [5, 5.41) is 13.2. The van der Waals surface area contributed by atoms with E-state index in [4.69, 9.17) is 4.52 Å². The van der Waals surface area contributed by atoms with E-state index >= 15 is 0 Å². The molecule has 2 heterocycles. The molecule has 136 valence electrons. The highest BCUT2D eigenvalue weighted by Gasteiger charge is 2.24. The number of nitrogens with zero attached hydrogens (tertiary/aromatic N) is 4. The highest BCUT2D eigenvalue weighted by Crippen LogP contribution is 2.31. The quantitative estimate of drug-likeness (QED) is 0.782. The molecular formula is C18H26N4O3. The zero-order valence-corrected chi connectivity index (χ0v) is 14.7. The molecule has 0 spiro atoms. The maximum Gasteiger partial charge on any atom is 0.304 e. The van der Waals surface area contributed by atoms with Crippen molar-refractivity contribution >= 4 is 5.97 Å². The van der Waals surface area contributed by atoms with Crippen LogP contribution in [0.15, 0.2) is 16.9 Å². The molecule has 0 bridgehead atoms. The van der Waals surface area contributed by atoms with Crippen LogP contribution >= 0.6 is 0 Å². The van der Waals surface area contributed by atoms with Gasteiger partial charge in [-0.15, -0.1) is 0 Å². The Hall–Kier alpha value is -2.18. The highest BCUT2D eigenvalue weighted by molar-refractivity contribution is 5.67. The molecule has 0 amide bonds. The summed E-state index contributed by atoms with van der Waals surface area (Å²) in [6, 6.07) is 0. The molecule has 1 N–H and O–H groups in total. The number of carboxylic acids is 1. The second-order valence-corrected chi connectivity index (χ2v) is 7.05. The van der Waals surface area contributed by atoms with Crippen molar-refractivity contribution in [3.05, 3.63) is 18.3 Å². The second-order valence-electron chi connectivity index (χ2n) is 7.05. The molecule has 2 aromatic heterocycles. The summed E-state index contributed by atoms with van der Waals surface area (Å²) >= 11 is 0. The van der Waals surface area contributed by atoms with Gasteiger partial charge < -0.3 is 14.2 Å². The van der Waals surface area contributed by atoms with Crippen LogP contribution in [0, 0.1) is 5.92 Å². The molecule has 0 radical (unpaired) electrons. The molecule has 2 aromatic rings. The highest BCUT2D eigenvalue weighted by atomic mass is 16.5. The summed E-state index contributed by atoms with van der Waals surface area (Å²) in [5.74, 6) is 1.16. The van der Waals surface area contributed by atoms with Crippen molar-refractivity contribution in [3.8, 4) is 11.6 Å². The average Bonchev–Trinajstić information content (AvgIpc) is 3.23. The van der Waals surface area contributed by atoms with E-state index in [9.17, 15) is 9.90 Å². The summed E-state index contributed by atoms with van der Waals surface area (Å²) in [6.07, 6.45) is 13.1. The van der Waals surface area contributed by atoms with Gasteiger partial charge in [-0.05, 0) is 12.3 Å². The maximum absolute atomic E-state index is 11.2. The van der Waals surface area contributed by atoms with Gasteiger partial charge in [0.2, 0.25) is 11.7 Å². The fourth-order valence-corrected chi connectivity index (χ4v) is 3.73. The zero-order valence-electron chi connectivity index (χ0n) is 14.7. The molecular weight excluding hydrogens is 320 g/mol. The first-order valence-electron chi connectivity index (χ1n) is 9.16. The number of carbonyl (C=O) groups is 1. The van der Waals surface area contributed by atoms with Crippen LogP contribution < -0.4 is 0 Å². The molecule has 25 heavy (non-hydrogen) atoms. The van der Waals surface area contributed by atoms with E-state index in [1.165, 1.54) is 32.1 Å². The van der Waals surface area contributed by atoms with Gasteiger partial charge in [0.1, 0.15) is 0 Å². The molecule has 1 atom stereocenters. The van der Waals surface area contributed by atoms with E-state index in [-0.39, 0.29) is 12.3 Å². The SMILES string of the molecule is Cn1ccnc1-c1noc(C(CCCC2CCCCC2)CC(=O)O)n1. The first-order chi connectivity index (χ1) is 12.1. The Bertz CT molecular complexity index is 688. The van der Waals surface area contributed by atoms with E-state index in [0.29, 0.717) is 17.5 Å². The van der Waals surface area contributed by atoms with Crippen molar-refractivity contribution in [2.75, 3.05) is 0 Å². The van der Waals surface area contributed by atoms with Gasteiger partial charge in [-0.2, -0.15) is 4.98 Å². The van der Waals surface area contributed by atoms with Gasteiger partial charge >= 0.3 is 5.97 Å². The third-order valence-electron chi connectivity index (χ3n) is 5.12. The Morgan fingerprint density at radius 1 is 1.40 bits per heavy atom. The lowest BCUT2D eigenvalue weighted by Crippen LogP contribution is -2.10. The zero-order chi connectivity index (χ0) is 17.6. The number of carboxylic acid groups (broad SMARTS) is 1. The minimum Gasteiger partial charge on any atom is -0.481 e. The van der Waals surface area contributed by atoms with Gasteiger partial charge in [-0.25, -0.2) is 4.98 Å². The normalized spacial score (nSPS) is 16.8. The minimum atomic E-state index is -0.834. The Morgan fingerprint density at radius 3 is 2.88 bits per heavy atom. The van der Waals surface area contributed by atoms with Gasteiger partial charge in [-0.3, -0.25) is 4.79 Å². The standard InChI is InChI=1S/C18H26N4O3/c1-22-11-10-19-17(22)16-20-18(25-21-16)14(12-15(23)24)9-5-8-13-6-3-2-4-7-13/h10-11,13-14H,2-9,12H2,1H3,(H,23,24). The van der Waals surface area contributed by atoms with Gasteiger partial charge in [0.25, 0.3) is 0 Å². The second kappa shape index (κ2) is 8.27. The van der Waals surface area contributed by atoms with E-state index in [0.717, 1.165) is 25.2 Å². The van der Waals surface area contributed by atoms with Crippen molar-refractivity contribution in [2.45, 2.75) is 63.7 Å². The molecule has 7 heteroatoms. The lowest BCUT2D eigenvalue weighted by Gasteiger charge is -2.21. The summed E-state index contributed by atoms with van der Waals surface area (Å²) in [7, 11) is 1.86. The summed E-state index contributed by atoms with van der Waals surface area (Å²) in [5.41, 5.74) is 0. The number of aliphatic carboxylic acids is 1. The third-order valence-corrected chi connectivity index (χ3v) is 5.12. The smallest absolute Gasteiger partial charge is 0.304 e. The lowest BCUT2D eigenvalue weighted by atomic mass is 9.84. The van der Waals surface area contributed by atoms with Gasteiger partial charge in [0.05, 0.1) is 6.42 Å². The molecule has 7 nitrogen and oxygen atoms in total. The van der Waals surface area contributed by atoms with Gasteiger partial charge in [0.15, 0.2) is 5.82 Å². The fraction of sp³-hybridized carbons (Fsp3) is 0.667. The molecule has 0 saturated heterocycles. The number of hydrogen-bond donors (Lipinski definition) is 1. The van der Waals surface area contributed by atoms with Crippen LogP contribution in [0.1, 0.15) is 69.6 Å². The fourth-order valence-electron chi connectivity index (χ4n) is 3.73. The van der Waals surface area contributed by atoms with Gasteiger partial charge in [0, 0.05) is 25.4 Å². The van der Waals surface area contributed by atoms with E-state index in [1.54, 1.807) is 6.20 Å². The van der Waals surface area contributed by atoms with Crippen molar-refractivity contribution in [3.63, 3.8) is 0 Å². The monoisotopic (exact) mass is 346 g/mol. The van der Waals surface area contributed by atoms with E-state index in [2.05, 4.69) is 15.1 Å². The Kier molecular flexibility index (Phi) is 5.83. The van der Waals surface area contributed by atoms with E-state index in [1.807, 2.05) is 17.8 Å². The number of aryl methyl sites for hydroxylation is 1. The van der Waals surface area contributed by atoms with Crippen molar-refractivity contribution in [1.82, 2.24) is 19.7 Å². The maximum atomic E-state index is 11.2. The third kappa shape index (κ3) is 4.67. The number of imidazole rings is 1. The Morgan fingerprint density at radius 2 is 2.20 bits per heavy atom. The van der Waals surface area contributed by atoms with Crippen LogP contribution in [0.2, 0.25) is 0 Å². The van der Waals surface area contributed by atoms with Crippen molar-refractivity contribution < 1.29 is 14.4 Å². The molecule has 1 aliphatic carbocycles. The van der Waals surface area contributed by atoms with Crippen LogP contribution in [0.5, 0.6) is 0 Å². The summed E-state index contributed by atoms with van der Waals surface area (Å²) < 4.78 is 7.18. The van der Waals surface area contributed by atoms with E-state index < -0.39 is 5.97 Å². The predicted octanol–water partition coefficient (Wildman–Crippen LogP) is 3.78. The van der Waals surface area contributed by atoms with Crippen LogP contribution in [-0.2, 0) is 11.8 Å². The first kappa shape index (κ1) is 17.6. The number of aromatic nitrogens is 4. The summed E-state index contributed by atoms with van der Waals surface area (Å²) in [4.78, 5) is 19.8. The van der Waals surface area contributed by atoms with Crippen molar-refractivity contribution in [1.29, 1.82) is 0 Å². The largest absolute Gasteiger partial charge is 0.481 e. The lowest BCUT2D eigenvalue weighted by molar-refractivity contribution is -0.137.